The fourth-order valence-electron chi connectivity index (χ4n) is 1.57. The summed E-state index contributed by atoms with van der Waals surface area (Å²) < 4.78 is 0. The van der Waals surface area contributed by atoms with Crippen LogP contribution in [0.4, 0.5) is 4.79 Å². The molecule has 3 amide bonds. The summed E-state index contributed by atoms with van der Waals surface area (Å²) in [4.78, 5) is 22.7. The van der Waals surface area contributed by atoms with Crippen molar-refractivity contribution in [2.45, 2.75) is 25.9 Å². The van der Waals surface area contributed by atoms with Gasteiger partial charge in [0.05, 0.1) is 6.04 Å². The number of carbonyl (C=O) groups excluding carboxylic acids is 2. The molecule has 0 aromatic heterocycles. The summed E-state index contributed by atoms with van der Waals surface area (Å²) >= 11 is 0. The standard InChI is InChI=1S/C13H19N3O2/c1-9(11-7-5-4-6-8-11)15-10(2)12(17)16-13(18)14-3/h4-10,15H,1-3H3,(H2,14,16,17,18). The van der Waals surface area contributed by atoms with Crippen LogP contribution < -0.4 is 16.0 Å². The van der Waals surface area contributed by atoms with Crippen LogP contribution in [0.5, 0.6) is 0 Å². The minimum atomic E-state index is -0.499. The zero-order valence-electron chi connectivity index (χ0n) is 10.9. The van der Waals surface area contributed by atoms with Gasteiger partial charge in [0.15, 0.2) is 0 Å². The number of hydrogen-bond donors (Lipinski definition) is 3. The van der Waals surface area contributed by atoms with Crippen LogP contribution >= 0.6 is 0 Å². The second kappa shape index (κ2) is 6.76. The number of imide groups is 1. The highest BCUT2D eigenvalue weighted by molar-refractivity contribution is 5.96. The second-order valence-corrected chi connectivity index (χ2v) is 4.09. The van der Waals surface area contributed by atoms with E-state index in [0.717, 1.165) is 5.56 Å². The van der Waals surface area contributed by atoms with Crippen LogP contribution in [-0.4, -0.2) is 25.0 Å². The van der Waals surface area contributed by atoms with E-state index in [-0.39, 0.29) is 11.9 Å². The molecule has 2 atom stereocenters. The Morgan fingerprint density at radius 2 is 1.72 bits per heavy atom. The summed E-state index contributed by atoms with van der Waals surface area (Å²) in [5.41, 5.74) is 1.09. The van der Waals surface area contributed by atoms with Crippen LogP contribution in [-0.2, 0) is 4.79 Å². The molecule has 5 nitrogen and oxygen atoms in total. The molecular weight excluding hydrogens is 230 g/mol. The zero-order valence-corrected chi connectivity index (χ0v) is 10.9. The van der Waals surface area contributed by atoms with E-state index in [1.165, 1.54) is 7.05 Å². The maximum atomic E-state index is 11.6. The van der Waals surface area contributed by atoms with Gasteiger partial charge >= 0.3 is 6.03 Å². The third-order valence-electron chi connectivity index (χ3n) is 2.66. The Bertz CT molecular complexity index is 406. The Morgan fingerprint density at radius 1 is 1.11 bits per heavy atom. The van der Waals surface area contributed by atoms with Gasteiger partial charge in [-0.25, -0.2) is 4.79 Å². The van der Waals surface area contributed by atoms with Crippen molar-refractivity contribution >= 4 is 11.9 Å². The Kier molecular flexibility index (Phi) is 5.32. The highest BCUT2D eigenvalue weighted by atomic mass is 16.2. The number of rotatable bonds is 4. The summed E-state index contributed by atoms with van der Waals surface area (Å²) in [7, 11) is 1.47. The molecule has 0 heterocycles. The lowest BCUT2D eigenvalue weighted by Crippen LogP contribution is -2.47. The van der Waals surface area contributed by atoms with Crippen molar-refractivity contribution in [2.24, 2.45) is 0 Å². The molecule has 1 aromatic rings. The van der Waals surface area contributed by atoms with Gasteiger partial charge in [0.2, 0.25) is 5.91 Å². The number of amides is 3. The number of hydrogen-bond acceptors (Lipinski definition) is 3. The fraction of sp³-hybridized carbons (Fsp3) is 0.385. The molecule has 0 aliphatic carbocycles. The van der Waals surface area contributed by atoms with Crippen molar-refractivity contribution in [1.82, 2.24) is 16.0 Å². The molecule has 18 heavy (non-hydrogen) atoms. The second-order valence-electron chi connectivity index (χ2n) is 4.09. The van der Waals surface area contributed by atoms with Gasteiger partial charge in [-0.1, -0.05) is 30.3 Å². The molecule has 0 aliphatic heterocycles. The summed E-state index contributed by atoms with van der Waals surface area (Å²) in [5.74, 6) is -0.350. The van der Waals surface area contributed by atoms with Crippen LogP contribution in [0, 0.1) is 0 Å². The maximum absolute atomic E-state index is 11.6. The normalized spacial score (nSPS) is 13.5. The van der Waals surface area contributed by atoms with Gasteiger partial charge in [0.1, 0.15) is 0 Å². The van der Waals surface area contributed by atoms with Crippen molar-refractivity contribution in [2.75, 3.05) is 7.05 Å². The van der Waals surface area contributed by atoms with Crippen molar-refractivity contribution in [1.29, 1.82) is 0 Å². The predicted octanol–water partition coefficient (Wildman–Crippen LogP) is 1.18. The molecule has 0 spiro atoms. The van der Waals surface area contributed by atoms with Crippen LogP contribution in [0.2, 0.25) is 0 Å². The molecule has 0 fully saturated rings. The lowest BCUT2D eigenvalue weighted by atomic mass is 10.1. The van der Waals surface area contributed by atoms with Gasteiger partial charge < -0.3 is 5.32 Å². The van der Waals surface area contributed by atoms with Gasteiger partial charge in [-0.3, -0.25) is 15.4 Å². The average molecular weight is 249 g/mol. The Labute approximate surface area is 107 Å². The molecule has 0 saturated heterocycles. The van der Waals surface area contributed by atoms with Crippen LogP contribution in [0.25, 0.3) is 0 Å². The first kappa shape index (κ1) is 14.2. The van der Waals surface area contributed by atoms with Crippen molar-refractivity contribution < 1.29 is 9.59 Å². The number of urea groups is 1. The topological polar surface area (TPSA) is 70.2 Å². The highest BCUT2D eigenvalue weighted by Crippen LogP contribution is 2.11. The summed E-state index contributed by atoms with van der Waals surface area (Å²) in [6, 6.07) is 8.90. The van der Waals surface area contributed by atoms with E-state index in [1.54, 1.807) is 6.92 Å². The van der Waals surface area contributed by atoms with Crippen molar-refractivity contribution in [3.8, 4) is 0 Å². The Morgan fingerprint density at radius 3 is 2.28 bits per heavy atom. The first-order valence-corrected chi connectivity index (χ1v) is 5.88. The lowest BCUT2D eigenvalue weighted by molar-refractivity contribution is -0.121. The summed E-state index contributed by atoms with van der Waals surface area (Å²) in [6.07, 6.45) is 0. The van der Waals surface area contributed by atoms with Gasteiger partial charge in [0, 0.05) is 13.1 Å². The Hall–Kier alpha value is -1.88. The number of benzene rings is 1. The maximum Gasteiger partial charge on any atom is 0.321 e. The summed E-state index contributed by atoms with van der Waals surface area (Å²) in [5, 5.41) is 7.71. The third kappa shape index (κ3) is 4.18. The van der Waals surface area contributed by atoms with Crippen LogP contribution in [0.15, 0.2) is 30.3 Å². The molecule has 0 radical (unpaired) electrons. The van der Waals surface area contributed by atoms with Crippen molar-refractivity contribution in [3.63, 3.8) is 0 Å². The van der Waals surface area contributed by atoms with E-state index in [9.17, 15) is 9.59 Å². The highest BCUT2D eigenvalue weighted by Gasteiger charge is 2.17. The Balaban J connectivity index is 2.52. The van der Waals surface area contributed by atoms with E-state index >= 15 is 0 Å². The quantitative estimate of drug-likeness (QED) is 0.750. The predicted molar refractivity (Wildman–Crippen MR) is 70.1 cm³/mol. The molecule has 3 N–H and O–H groups in total. The van der Waals surface area contributed by atoms with Gasteiger partial charge in [-0.05, 0) is 19.4 Å². The van der Waals surface area contributed by atoms with E-state index < -0.39 is 12.1 Å². The van der Waals surface area contributed by atoms with Crippen molar-refractivity contribution in [3.05, 3.63) is 35.9 Å². The fourth-order valence-corrected chi connectivity index (χ4v) is 1.57. The van der Waals surface area contributed by atoms with Crippen LogP contribution in [0.3, 0.4) is 0 Å². The van der Waals surface area contributed by atoms with Gasteiger partial charge in [0.25, 0.3) is 0 Å². The van der Waals surface area contributed by atoms with Gasteiger partial charge in [-0.2, -0.15) is 0 Å². The van der Waals surface area contributed by atoms with E-state index in [0.29, 0.717) is 0 Å². The zero-order chi connectivity index (χ0) is 13.5. The monoisotopic (exact) mass is 249 g/mol. The SMILES string of the molecule is CNC(=O)NC(=O)C(C)NC(C)c1ccccc1. The molecule has 1 rings (SSSR count). The first-order valence-electron chi connectivity index (χ1n) is 5.88. The van der Waals surface area contributed by atoms with Gasteiger partial charge in [-0.15, -0.1) is 0 Å². The molecule has 98 valence electrons. The van der Waals surface area contributed by atoms with Crippen LogP contribution in [0.1, 0.15) is 25.5 Å². The smallest absolute Gasteiger partial charge is 0.321 e. The largest absolute Gasteiger partial charge is 0.341 e. The number of nitrogens with one attached hydrogen (secondary N) is 3. The molecule has 2 unspecified atom stereocenters. The molecule has 1 aromatic carbocycles. The minimum Gasteiger partial charge on any atom is -0.341 e. The molecule has 0 aliphatic rings. The molecule has 5 heteroatoms. The van der Waals surface area contributed by atoms with E-state index in [1.807, 2.05) is 37.3 Å². The van der Waals surface area contributed by atoms with E-state index in [4.69, 9.17) is 0 Å². The molecular formula is C13H19N3O2. The number of carbonyl (C=O) groups is 2. The minimum absolute atomic E-state index is 0.0386. The third-order valence-corrected chi connectivity index (χ3v) is 2.66. The average Bonchev–Trinajstić information content (AvgIpc) is 2.39. The molecule has 0 saturated carbocycles. The first-order chi connectivity index (χ1) is 8.54. The lowest BCUT2D eigenvalue weighted by Gasteiger charge is -2.19. The molecule has 0 bridgehead atoms. The summed E-state index contributed by atoms with van der Waals surface area (Å²) in [6.45, 7) is 3.69. The van der Waals surface area contributed by atoms with E-state index in [2.05, 4.69) is 16.0 Å².